The Balaban J connectivity index is 3.25. The summed E-state index contributed by atoms with van der Waals surface area (Å²) in [6.45, 7) is 9.48. The molecular weight excluding hydrogens is 258 g/mol. The molecule has 2 atom stereocenters. The van der Waals surface area contributed by atoms with E-state index < -0.39 is 0 Å². The zero-order valence-corrected chi connectivity index (χ0v) is 13.4. The van der Waals surface area contributed by atoms with Gasteiger partial charge in [0.05, 0.1) is 7.11 Å². The number of nitrogens with two attached hydrogens (primary N) is 1. The fraction of sp³-hybridized carbons (Fsp3) is 0.625. The van der Waals surface area contributed by atoms with E-state index in [9.17, 15) is 0 Å². The summed E-state index contributed by atoms with van der Waals surface area (Å²) in [6.07, 6.45) is 1.01. The van der Waals surface area contributed by atoms with Gasteiger partial charge in [0.15, 0.2) is 0 Å². The van der Waals surface area contributed by atoms with Gasteiger partial charge < -0.3 is 10.5 Å². The van der Waals surface area contributed by atoms with Crippen molar-refractivity contribution in [2.75, 3.05) is 13.7 Å². The molecule has 1 rings (SSSR count). The quantitative estimate of drug-likeness (QED) is 0.830. The standard InChI is InChI=1S/C16H26ClNO/c1-10(2)14-8-13(17)9-15(16(14)19-5)12(4)11(3)6-7-18/h8-12H,6-7,18H2,1-5H3. The van der Waals surface area contributed by atoms with E-state index in [4.69, 9.17) is 22.1 Å². The number of rotatable bonds is 6. The van der Waals surface area contributed by atoms with Crippen LogP contribution in [0.2, 0.25) is 5.02 Å². The van der Waals surface area contributed by atoms with Crippen LogP contribution in [0.1, 0.15) is 57.1 Å². The van der Waals surface area contributed by atoms with E-state index in [1.807, 2.05) is 12.1 Å². The van der Waals surface area contributed by atoms with Crippen molar-refractivity contribution < 1.29 is 4.74 Å². The number of ether oxygens (including phenoxy) is 1. The molecule has 0 radical (unpaired) electrons. The lowest BCUT2D eigenvalue weighted by molar-refractivity contribution is 0.384. The van der Waals surface area contributed by atoms with Crippen LogP contribution in [0.25, 0.3) is 0 Å². The molecule has 19 heavy (non-hydrogen) atoms. The van der Waals surface area contributed by atoms with Crippen molar-refractivity contribution in [1.82, 2.24) is 0 Å². The summed E-state index contributed by atoms with van der Waals surface area (Å²) in [5, 5.41) is 0.784. The predicted molar refractivity (Wildman–Crippen MR) is 83.3 cm³/mol. The molecule has 0 saturated carbocycles. The highest BCUT2D eigenvalue weighted by atomic mass is 35.5. The fourth-order valence-corrected chi connectivity index (χ4v) is 2.69. The van der Waals surface area contributed by atoms with Crippen molar-refractivity contribution in [3.8, 4) is 5.75 Å². The highest BCUT2D eigenvalue weighted by molar-refractivity contribution is 6.30. The summed E-state index contributed by atoms with van der Waals surface area (Å²) >= 11 is 6.27. The summed E-state index contributed by atoms with van der Waals surface area (Å²) < 4.78 is 5.65. The van der Waals surface area contributed by atoms with Gasteiger partial charge in [0, 0.05) is 5.02 Å². The van der Waals surface area contributed by atoms with Gasteiger partial charge in [-0.05, 0) is 54.0 Å². The van der Waals surface area contributed by atoms with Gasteiger partial charge in [0.2, 0.25) is 0 Å². The van der Waals surface area contributed by atoms with Gasteiger partial charge in [-0.1, -0.05) is 39.3 Å². The minimum Gasteiger partial charge on any atom is -0.496 e. The van der Waals surface area contributed by atoms with E-state index >= 15 is 0 Å². The normalized spacial score (nSPS) is 14.5. The molecular formula is C16H26ClNO. The Labute approximate surface area is 122 Å². The van der Waals surface area contributed by atoms with Crippen LogP contribution in [0.15, 0.2) is 12.1 Å². The van der Waals surface area contributed by atoms with E-state index in [0.717, 1.165) is 17.2 Å². The highest BCUT2D eigenvalue weighted by Gasteiger charge is 2.21. The van der Waals surface area contributed by atoms with Gasteiger partial charge in [0.25, 0.3) is 0 Å². The van der Waals surface area contributed by atoms with Gasteiger partial charge in [0.1, 0.15) is 5.75 Å². The molecule has 2 nitrogen and oxygen atoms in total. The first-order valence-corrected chi connectivity index (χ1v) is 7.37. The van der Waals surface area contributed by atoms with Gasteiger partial charge in [-0.25, -0.2) is 0 Å². The molecule has 1 aromatic carbocycles. The zero-order chi connectivity index (χ0) is 14.6. The maximum atomic E-state index is 6.27. The lowest BCUT2D eigenvalue weighted by atomic mass is 9.84. The zero-order valence-electron chi connectivity index (χ0n) is 12.7. The lowest BCUT2D eigenvalue weighted by Gasteiger charge is -2.25. The smallest absolute Gasteiger partial charge is 0.125 e. The molecule has 108 valence electrons. The van der Waals surface area contributed by atoms with E-state index in [2.05, 4.69) is 27.7 Å². The molecule has 0 aromatic heterocycles. The second-order valence-electron chi connectivity index (χ2n) is 5.62. The van der Waals surface area contributed by atoms with Crippen LogP contribution in [0, 0.1) is 5.92 Å². The molecule has 0 bridgehead atoms. The molecule has 3 heteroatoms. The number of benzene rings is 1. The summed E-state index contributed by atoms with van der Waals surface area (Å²) in [7, 11) is 1.74. The van der Waals surface area contributed by atoms with E-state index in [-0.39, 0.29) is 0 Å². The third kappa shape index (κ3) is 3.87. The van der Waals surface area contributed by atoms with E-state index in [0.29, 0.717) is 24.3 Å². The van der Waals surface area contributed by atoms with Crippen LogP contribution < -0.4 is 10.5 Å². The van der Waals surface area contributed by atoms with Gasteiger partial charge in [-0.15, -0.1) is 0 Å². The Kier molecular flexibility index (Phi) is 6.15. The molecule has 0 aliphatic heterocycles. The molecule has 2 unspecified atom stereocenters. The molecule has 0 spiro atoms. The largest absolute Gasteiger partial charge is 0.496 e. The van der Waals surface area contributed by atoms with Crippen LogP contribution in [0.3, 0.4) is 0 Å². The van der Waals surface area contributed by atoms with Crippen molar-refractivity contribution in [1.29, 1.82) is 0 Å². The van der Waals surface area contributed by atoms with Crippen molar-refractivity contribution in [2.45, 2.75) is 46.0 Å². The summed E-state index contributed by atoms with van der Waals surface area (Å²) in [6, 6.07) is 4.04. The van der Waals surface area contributed by atoms with Crippen molar-refractivity contribution in [3.63, 3.8) is 0 Å². The monoisotopic (exact) mass is 283 g/mol. The average Bonchev–Trinajstić information content (AvgIpc) is 2.36. The first-order chi connectivity index (χ1) is 8.92. The molecule has 0 aliphatic rings. The van der Waals surface area contributed by atoms with Crippen molar-refractivity contribution in [3.05, 3.63) is 28.3 Å². The summed E-state index contributed by atoms with van der Waals surface area (Å²) in [5.74, 6) is 2.27. The topological polar surface area (TPSA) is 35.2 Å². The summed E-state index contributed by atoms with van der Waals surface area (Å²) in [5.41, 5.74) is 8.04. The molecule has 0 fully saturated rings. The number of hydrogen-bond acceptors (Lipinski definition) is 2. The highest BCUT2D eigenvalue weighted by Crippen LogP contribution is 2.40. The maximum absolute atomic E-state index is 6.27. The SMILES string of the molecule is COc1c(C(C)C)cc(Cl)cc1C(C)C(C)CCN. The number of hydrogen-bond donors (Lipinski definition) is 1. The second-order valence-corrected chi connectivity index (χ2v) is 6.05. The van der Waals surface area contributed by atoms with Gasteiger partial charge in [-0.3, -0.25) is 0 Å². The Morgan fingerprint density at radius 1 is 1.16 bits per heavy atom. The fourth-order valence-electron chi connectivity index (χ4n) is 2.46. The Morgan fingerprint density at radius 3 is 2.21 bits per heavy atom. The first-order valence-electron chi connectivity index (χ1n) is 6.99. The Morgan fingerprint density at radius 2 is 1.74 bits per heavy atom. The van der Waals surface area contributed by atoms with E-state index in [1.165, 1.54) is 11.1 Å². The Hall–Kier alpha value is -0.730. The van der Waals surface area contributed by atoms with E-state index in [1.54, 1.807) is 7.11 Å². The molecule has 2 N–H and O–H groups in total. The van der Waals surface area contributed by atoms with Crippen LogP contribution in [0.5, 0.6) is 5.75 Å². The van der Waals surface area contributed by atoms with Crippen LogP contribution in [-0.4, -0.2) is 13.7 Å². The van der Waals surface area contributed by atoms with Crippen molar-refractivity contribution in [2.24, 2.45) is 11.7 Å². The maximum Gasteiger partial charge on any atom is 0.125 e. The third-order valence-electron chi connectivity index (χ3n) is 3.90. The van der Waals surface area contributed by atoms with Crippen LogP contribution >= 0.6 is 11.6 Å². The molecule has 0 aliphatic carbocycles. The predicted octanol–water partition coefficient (Wildman–Crippen LogP) is 4.56. The first kappa shape index (κ1) is 16.3. The molecule has 0 saturated heterocycles. The van der Waals surface area contributed by atoms with Crippen molar-refractivity contribution >= 4 is 11.6 Å². The van der Waals surface area contributed by atoms with Gasteiger partial charge in [-0.2, -0.15) is 0 Å². The lowest BCUT2D eigenvalue weighted by Crippen LogP contribution is -2.13. The molecule has 0 heterocycles. The third-order valence-corrected chi connectivity index (χ3v) is 4.12. The van der Waals surface area contributed by atoms with Crippen LogP contribution in [0.4, 0.5) is 0 Å². The summed E-state index contributed by atoms with van der Waals surface area (Å²) in [4.78, 5) is 0. The number of methoxy groups -OCH3 is 1. The Bertz CT molecular complexity index is 417. The minimum atomic E-state index is 0.384. The van der Waals surface area contributed by atoms with Gasteiger partial charge >= 0.3 is 0 Å². The average molecular weight is 284 g/mol. The van der Waals surface area contributed by atoms with Crippen LogP contribution in [-0.2, 0) is 0 Å². The molecule has 1 aromatic rings. The minimum absolute atomic E-state index is 0.384. The molecule has 0 amide bonds. The number of halogens is 1. The second kappa shape index (κ2) is 7.16.